The quantitative estimate of drug-likeness (QED) is 0.543. The number of benzene rings is 1. The number of hydrogen-bond donors (Lipinski definition) is 1. The molecule has 1 aliphatic rings. The number of methoxy groups -OCH3 is 1. The van der Waals surface area contributed by atoms with Gasteiger partial charge in [-0.3, -0.25) is 4.90 Å². The molecule has 0 fully saturated rings. The molecule has 0 saturated carbocycles. The highest BCUT2D eigenvalue weighted by Crippen LogP contribution is 2.27. The number of nitrogens with one attached hydrogen (secondary N) is 1. The number of rotatable bonds is 8. The molecule has 0 saturated heterocycles. The lowest BCUT2D eigenvalue weighted by Gasteiger charge is -2.28. The van der Waals surface area contributed by atoms with Crippen LogP contribution in [0.3, 0.4) is 0 Å². The molecule has 1 aromatic carbocycles. The van der Waals surface area contributed by atoms with E-state index in [0.717, 1.165) is 51.1 Å². The van der Waals surface area contributed by atoms with Gasteiger partial charge in [0.1, 0.15) is 5.75 Å². The lowest BCUT2D eigenvalue weighted by Crippen LogP contribution is -2.30. The molecule has 1 aromatic heterocycles. The molecule has 2 aromatic rings. The highest BCUT2D eigenvalue weighted by atomic mass is 16.5. The molecule has 1 atom stereocenters. The first-order valence-electron chi connectivity index (χ1n) is 11.7. The Morgan fingerprint density at radius 2 is 1.87 bits per heavy atom. The van der Waals surface area contributed by atoms with Gasteiger partial charge in [0.25, 0.3) is 0 Å². The van der Waals surface area contributed by atoms with E-state index in [1.807, 2.05) is 6.07 Å². The van der Waals surface area contributed by atoms with Crippen LogP contribution in [0.2, 0.25) is 0 Å². The van der Waals surface area contributed by atoms with Crippen molar-refractivity contribution in [3.63, 3.8) is 0 Å². The van der Waals surface area contributed by atoms with Crippen LogP contribution in [-0.4, -0.2) is 29.7 Å². The number of nitrogens with zero attached hydrogens (tertiary/aromatic N) is 2. The Morgan fingerprint density at radius 3 is 2.65 bits per heavy atom. The van der Waals surface area contributed by atoms with Crippen LogP contribution in [0.5, 0.6) is 5.75 Å². The lowest BCUT2D eigenvalue weighted by atomic mass is 10.1. The van der Waals surface area contributed by atoms with Crippen LogP contribution in [0.15, 0.2) is 54.2 Å². The molecule has 1 N–H and O–H groups in total. The summed E-state index contributed by atoms with van der Waals surface area (Å²) in [7, 11) is 1.73. The van der Waals surface area contributed by atoms with Gasteiger partial charge in [-0.05, 0) is 82.8 Å². The van der Waals surface area contributed by atoms with Gasteiger partial charge in [0.05, 0.1) is 13.2 Å². The average Bonchev–Trinajstić information content (AvgIpc) is 3.15. The molecule has 0 bridgehead atoms. The third-order valence-electron chi connectivity index (χ3n) is 6.09. The van der Waals surface area contributed by atoms with Gasteiger partial charge in [-0.15, -0.1) is 0 Å². The Kier molecular flexibility index (Phi) is 8.42. The first-order valence-corrected chi connectivity index (χ1v) is 11.7. The fourth-order valence-electron chi connectivity index (χ4n) is 4.55. The van der Waals surface area contributed by atoms with Crippen molar-refractivity contribution in [2.45, 2.75) is 66.0 Å². The topological polar surface area (TPSA) is 29.4 Å². The molecule has 1 aliphatic heterocycles. The van der Waals surface area contributed by atoms with Crippen LogP contribution in [-0.2, 0) is 6.54 Å². The van der Waals surface area contributed by atoms with Gasteiger partial charge >= 0.3 is 0 Å². The maximum Gasteiger partial charge on any atom is 0.119 e. The minimum atomic E-state index is 0.288. The molecule has 3 rings (SSSR count). The van der Waals surface area contributed by atoms with E-state index in [1.54, 1.807) is 7.11 Å². The van der Waals surface area contributed by atoms with Crippen molar-refractivity contribution in [3.05, 3.63) is 71.2 Å². The SMILES string of the molecule is CCCN(CCC1N/C(C)=C/CC/C=C(\C)n2c(C)ccc21)Cc1cccc(OC)c1. The molecular formula is C27H39N3O. The molecule has 1 unspecified atom stereocenters. The van der Waals surface area contributed by atoms with Gasteiger partial charge in [0.15, 0.2) is 0 Å². The van der Waals surface area contributed by atoms with Gasteiger partial charge in [0, 0.05) is 35.9 Å². The number of aryl methyl sites for hydroxylation is 1. The molecule has 0 spiro atoms. The van der Waals surface area contributed by atoms with Crippen LogP contribution >= 0.6 is 0 Å². The summed E-state index contributed by atoms with van der Waals surface area (Å²) in [6.45, 7) is 12.0. The summed E-state index contributed by atoms with van der Waals surface area (Å²) < 4.78 is 7.85. The van der Waals surface area contributed by atoms with Gasteiger partial charge in [-0.25, -0.2) is 0 Å². The van der Waals surface area contributed by atoms with Crippen molar-refractivity contribution in [1.82, 2.24) is 14.8 Å². The molecule has 0 radical (unpaired) electrons. The fraction of sp³-hybridized carbons (Fsp3) is 0.481. The van der Waals surface area contributed by atoms with Crippen LogP contribution in [0.25, 0.3) is 5.70 Å². The largest absolute Gasteiger partial charge is 0.497 e. The molecule has 4 heteroatoms. The second kappa shape index (κ2) is 11.2. The predicted molar refractivity (Wildman–Crippen MR) is 131 cm³/mol. The third-order valence-corrected chi connectivity index (χ3v) is 6.09. The van der Waals surface area contributed by atoms with Crippen LogP contribution in [0.4, 0.5) is 0 Å². The average molecular weight is 422 g/mol. The summed E-state index contributed by atoms with van der Waals surface area (Å²) in [5.74, 6) is 0.930. The molecule has 0 amide bonds. The minimum Gasteiger partial charge on any atom is -0.497 e. The second-order valence-corrected chi connectivity index (χ2v) is 8.66. The molecule has 2 heterocycles. The van der Waals surface area contributed by atoms with Gasteiger partial charge in [-0.2, -0.15) is 0 Å². The zero-order valence-electron chi connectivity index (χ0n) is 19.9. The zero-order valence-corrected chi connectivity index (χ0v) is 19.9. The number of allylic oxidation sites excluding steroid dienone is 4. The zero-order chi connectivity index (χ0) is 22.2. The molecule has 168 valence electrons. The van der Waals surface area contributed by atoms with Crippen LogP contribution in [0.1, 0.15) is 69.4 Å². The summed E-state index contributed by atoms with van der Waals surface area (Å²) in [6.07, 6.45) is 9.08. The highest BCUT2D eigenvalue weighted by Gasteiger charge is 2.20. The van der Waals surface area contributed by atoms with Crippen molar-refractivity contribution in [3.8, 4) is 5.75 Å². The van der Waals surface area contributed by atoms with Crippen molar-refractivity contribution < 1.29 is 4.74 Å². The number of fused-ring (bicyclic) bond motifs is 1. The van der Waals surface area contributed by atoms with Crippen LogP contribution in [0, 0.1) is 6.92 Å². The normalized spacial score (nSPS) is 20.3. The monoisotopic (exact) mass is 421 g/mol. The van der Waals surface area contributed by atoms with E-state index in [0.29, 0.717) is 0 Å². The fourth-order valence-corrected chi connectivity index (χ4v) is 4.55. The molecule has 4 nitrogen and oxygen atoms in total. The van der Waals surface area contributed by atoms with Gasteiger partial charge < -0.3 is 14.6 Å². The number of hydrogen-bond acceptors (Lipinski definition) is 3. The van der Waals surface area contributed by atoms with Crippen molar-refractivity contribution in [2.75, 3.05) is 20.2 Å². The molecule has 31 heavy (non-hydrogen) atoms. The first kappa shape index (κ1) is 23.2. The summed E-state index contributed by atoms with van der Waals surface area (Å²) >= 11 is 0. The Balaban J connectivity index is 1.79. The van der Waals surface area contributed by atoms with E-state index in [4.69, 9.17) is 4.74 Å². The summed E-state index contributed by atoms with van der Waals surface area (Å²) in [5.41, 5.74) is 6.58. The van der Waals surface area contributed by atoms with E-state index in [-0.39, 0.29) is 6.04 Å². The third kappa shape index (κ3) is 6.27. The summed E-state index contributed by atoms with van der Waals surface area (Å²) in [4.78, 5) is 2.57. The van der Waals surface area contributed by atoms with Crippen molar-refractivity contribution in [2.24, 2.45) is 0 Å². The lowest BCUT2D eigenvalue weighted by molar-refractivity contribution is 0.249. The Morgan fingerprint density at radius 1 is 1.06 bits per heavy atom. The Bertz CT molecular complexity index is 909. The van der Waals surface area contributed by atoms with Crippen molar-refractivity contribution in [1.29, 1.82) is 0 Å². The van der Waals surface area contributed by atoms with Gasteiger partial charge in [0.2, 0.25) is 0 Å². The maximum atomic E-state index is 5.42. The number of aromatic nitrogens is 1. The van der Waals surface area contributed by atoms with Gasteiger partial charge in [-0.1, -0.05) is 31.2 Å². The van der Waals surface area contributed by atoms with Crippen LogP contribution < -0.4 is 10.1 Å². The molecule has 0 aliphatic carbocycles. The first-order chi connectivity index (χ1) is 15.0. The van der Waals surface area contributed by atoms with E-state index < -0.39 is 0 Å². The summed E-state index contributed by atoms with van der Waals surface area (Å²) in [5, 5.41) is 3.82. The highest BCUT2D eigenvalue weighted by molar-refractivity contribution is 5.48. The number of ether oxygens (including phenoxy) is 1. The Labute approximate surface area is 188 Å². The van der Waals surface area contributed by atoms with Crippen molar-refractivity contribution >= 4 is 5.70 Å². The van der Waals surface area contributed by atoms with E-state index >= 15 is 0 Å². The standard InChI is InChI=1S/C27H39N3O/c1-6-17-29(20-24-12-9-13-25(19-24)31-5)18-16-26-27-15-14-23(4)30(27)22(3)11-8-7-10-21(2)28-26/h9-15,19,26,28H,6-8,16-18,20H2,1-5H3/b21-10+,22-11+. The maximum absolute atomic E-state index is 5.42. The van der Waals surface area contributed by atoms with E-state index in [2.05, 4.69) is 85.0 Å². The summed E-state index contributed by atoms with van der Waals surface area (Å²) in [6, 6.07) is 13.3. The smallest absolute Gasteiger partial charge is 0.119 e. The van der Waals surface area contributed by atoms with E-state index in [1.165, 1.54) is 28.3 Å². The Hall–Kier alpha value is -2.46. The molecular weight excluding hydrogens is 382 g/mol. The predicted octanol–water partition coefficient (Wildman–Crippen LogP) is 6.30. The second-order valence-electron chi connectivity index (χ2n) is 8.66. The minimum absolute atomic E-state index is 0.288. The van der Waals surface area contributed by atoms with E-state index in [9.17, 15) is 0 Å².